The first-order valence-corrected chi connectivity index (χ1v) is 37.9. The molecule has 3 rings (SSSR count). The van der Waals surface area contributed by atoms with Crippen molar-refractivity contribution in [2.24, 2.45) is 0 Å². The molecule has 3 fully saturated rings. The van der Waals surface area contributed by atoms with E-state index in [0.29, 0.717) is 12.8 Å². The average molecular weight is 1320 g/mol. The molecule has 3 aliphatic heterocycles. The van der Waals surface area contributed by atoms with Crippen LogP contribution in [0.25, 0.3) is 0 Å². The Morgan fingerprint density at radius 1 is 0.380 bits per heavy atom. The number of hydrogen-bond acceptors (Lipinski definition) is 18. The van der Waals surface area contributed by atoms with Gasteiger partial charge in [-0.3, -0.25) is 4.79 Å². The highest BCUT2D eigenvalue weighted by molar-refractivity contribution is 5.76. The second kappa shape index (κ2) is 55.4. The summed E-state index contributed by atoms with van der Waals surface area (Å²) in [6, 6.07) is -0.889. The standard InChI is InChI=1S/C73H139NO18/c1-3-5-7-9-11-13-15-17-19-20-21-22-23-24-25-26-27-28-29-30-31-32-33-34-35-36-37-38-40-42-44-46-48-50-57(78)56(74-61(79)51-49-47-45-43-41-39-18-16-14-12-10-8-6-4-2)55-87-71-67(85)64(82)69(59(53-76)89-71)92-73-68(86)65(83)70(60(54-77)90-73)91-72-66(84)63(81)62(80)58(52-75)88-72/h16,18,56-60,62-73,75-78,80-86H,3-15,17,19-55H2,1-2H3,(H,74,79)/b18-16-. The molecule has 92 heavy (non-hydrogen) atoms. The third kappa shape index (κ3) is 36.4. The van der Waals surface area contributed by atoms with Crippen LogP contribution in [0.5, 0.6) is 0 Å². The van der Waals surface area contributed by atoms with E-state index in [2.05, 4.69) is 31.3 Å². The van der Waals surface area contributed by atoms with Crippen LogP contribution in [0.4, 0.5) is 0 Å². The predicted molar refractivity (Wildman–Crippen MR) is 360 cm³/mol. The Labute approximate surface area is 556 Å². The van der Waals surface area contributed by atoms with E-state index in [0.717, 1.165) is 64.2 Å². The highest BCUT2D eigenvalue weighted by Crippen LogP contribution is 2.33. The summed E-state index contributed by atoms with van der Waals surface area (Å²) in [7, 11) is 0. The summed E-state index contributed by atoms with van der Waals surface area (Å²) in [5.41, 5.74) is 0. The van der Waals surface area contributed by atoms with Gasteiger partial charge in [-0.25, -0.2) is 0 Å². The monoisotopic (exact) mass is 1320 g/mol. The van der Waals surface area contributed by atoms with Gasteiger partial charge in [-0.05, 0) is 38.5 Å². The van der Waals surface area contributed by atoms with Gasteiger partial charge in [0, 0.05) is 6.42 Å². The topological polar surface area (TPSA) is 307 Å². The Kier molecular flexibility index (Phi) is 51.0. The Morgan fingerprint density at radius 3 is 1.05 bits per heavy atom. The van der Waals surface area contributed by atoms with Crippen LogP contribution < -0.4 is 5.32 Å². The molecule has 19 heteroatoms. The molecule has 3 saturated heterocycles. The van der Waals surface area contributed by atoms with Crippen LogP contribution in [0.3, 0.4) is 0 Å². The Morgan fingerprint density at radius 2 is 0.685 bits per heavy atom. The fourth-order valence-electron chi connectivity index (χ4n) is 13.2. The van der Waals surface area contributed by atoms with Crippen molar-refractivity contribution in [3.05, 3.63) is 12.2 Å². The van der Waals surface area contributed by atoms with E-state index in [9.17, 15) is 61.0 Å². The number of carbonyl (C=O) groups excluding carboxylic acids is 1. The number of carbonyl (C=O) groups is 1. The highest BCUT2D eigenvalue weighted by Gasteiger charge is 2.53. The zero-order valence-electron chi connectivity index (χ0n) is 57.8. The number of aliphatic hydroxyl groups is 11. The van der Waals surface area contributed by atoms with E-state index in [1.807, 2.05) is 0 Å². The zero-order chi connectivity index (χ0) is 66.8. The first-order valence-electron chi connectivity index (χ1n) is 37.9. The summed E-state index contributed by atoms with van der Waals surface area (Å²) in [5.74, 6) is -0.247. The first-order chi connectivity index (χ1) is 44.8. The lowest BCUT2D eigenvalue weighted by molar-refractivity contribution is -0.379. The number of amides is 1. The summed E-state index contributed by atoms with van der Waals surface area (Å²) in [5, 5.41) is 121. The zero-order valence-corrected chi connectivity index (χ0v) is 57.8. The minimum atomic E-state index is -1.97. The van der Waals surface area contributed by atoms with Gasteiger partial charge < -0.3 is 89.9 Å². The average Bonchev–Trinajstić information content (AvgIpc) is 0.827. The van der Waals surface area contributed by atoms with Crippen LogP contribution in [0.2, 0.25) is 0 Å². The molecule has 0 aromatic carbocycles. The van der Waals surface area contributed by atoms with Crippen molar-refractivity contribution >= 4 is 5.91 Å². The van der Waals surface area contributed by atoms with Gasteiger partial charge in [0.15, 0.2) is 18.9 Å². The Hall–Kier alpha value is -1.47. The van der Waals surface area contributed by atoms with E-state index >= 15 is 0 Å². The van der Waals surface area contributed by atoms with Gasteiger partial charge >= 0.3 is 0 Å². The number of rotatable bonds is 60. The van der Waals surface area contributed by atoms with E-state index in [4.69, 9.17) is 28.4 Å². The molecular weight excluding hydrogens is 1180 g/mol. The second-order valence-corrected chi connectivity index (χ2v) is 27.5. The molecule has 12 N–H and O–H groups in total. The van der Waals surface area contributed by atoms with E-state index in [-0.39, 0.29) is 18.9 Å². The van der Waals surface area contributed by atoms with Crippen LogP contribution in [0, 0.1) is 0 Å². The summed E-state index contributed by atoms with van der Waals surface area (Å²) >= 11 is 0. The first kappa shape index (κ1) is 84.8. The number of hydrogen-bond donors (Lipinski definition) is 12. The normalized spacial score (nSPS) is 27.7. The fraction of sp³-hybridized carbons (Fsp3) is 0.959. The van der Waals surface area contributed by atoms with Crippen molar-refractivity contribution in [3.63, 3.8) is 0 Å². The van der Waals surface area contributed by atoms with Crippen LogP contribution >= 0.6 is 0 Å². The molecule has 0 spiro atoms. The van der Waals surface area contributed by atoms with Crippen LogP contribution in [-0.4, -0.2) is 193 Å². The lowest BCUT2D eigenvalue weighted by atomic mass is 9.96. The van der Waals surface area contributed by atoms with Crippen molar-refractivity contribution in [3.8, 4) is 0 Å². The van der Waals surface area contributed by atoms with Gasteiger partial charge in [0.05, 0.1) is 38.6 Å². The Bertz CT molecular complexity index is 1720. The number of unbranched alkanes of at least 4 members (excludes halogenated alkanes) is 42. The molecule has 17 atom stereocenters. The molecule has 0 aromatic rings. The molecule has 3 aliphatic rings. The molecule has 544 valence electrons. The second-order valence-electron chi connectivity index (χ2n) is 27.5. The predicted octanol–water partition coefficient (Wildman–Crippen LogP) is 11.2. The van der Waals surface area contributed by atoms with Gasteiger partial charge in [-0.2, -0.15) is 0 Å². The van der Waals surface area contributed by atoms with E-state index in [1.54, 1.807) is 0 Å². The van der Waals surface area contributed by atoms with Crippen LogP contribution in [-0.2, 0) is 33.2 Å². The number of allylic oxidation sites excluding steroid dienone is 2. The molecule has 0 aliphatic carbocycles. The lowest BCUT2D eigenvalue weighted by Crippen LogP contribution is -2.66. The van der Waals surface area contributed by atoms with E-state index in [1.165, 1.54) is 218 Å². The van der Waals surface area contributed by atoms with Crippen molar-refractivity contribution in [1.29, 1.82) is 0 Å². The number of nitrogens with one attached hydrogen (secondary N) is 1. The smallest absolute Gasteiger partial charge is 0.220 e. The van der Waals surface area contributed by atoms with Gasteiger partial charge in [0.25, 0.3) is 0 Å². The Balaban J connectivity index is 1.34. The molecule has 0 radical (unpaired) electrons. The molecule has 17 unspecified atom stereocenters. The molecule has 0 bridgehead atoms. The van der Waals surface area contributed by atoms with E-state index < -0.39 is 124 Å². The quantitative estimate of drug-likeness (QED) is 0.0199. The minimum absolute atomic E-state index is 0.247. The van der Waals surface area contributed by atoms with Crippen molar-refractivity contribution in [1.82, 2.24) is 5.32 Å². The summed E-state index contributed by atoms with van der Waals surface area (Å²) < 4.78 is 34.4. The maximum atomic E-state index is 13.4. The van der Waals surface area contributed by atoms with Gasteiger partial charge in [-0.1, -0.05) is 283 Å². The summed E-state index contributed by atoms with van der Waals surface area (Å²) in [4.78, 5) is 13.4. The minimum Gasteiger partial charge on any atom is -0.394 e. The van der Waals surface area contributed by atoms with Crippen LogP contribution in [0.15, 0.2) is 12.2 Å². The van der Waals surface area contributed by atoms with Gasteiger partial charge in [-0.15, -0.1) is 0 Å². The van der Waals surface area contributed by atoms with Crippen molar-refractivity contribution in [2.45, 2.75) is 420 Å². The summed E-state index contributed by atoms with van der Waals surface area (Å²) in [6.07, 6.45) is 36.1. The van der Waals surface area contributed by atoms with Gasteiger partial charge in [0.2, 0.25) is 5.91 Å². The summed E-state index contributed by atoms with van der Waals surface area (Å²) in [6.45, 7) is 1.82. The lowest BCUT2D eigenvalue weighted by Gasteiger charge is -2.48. The van der Waals surface area contributed by atoms with Gasteiger partial charge in [0.1, 0.15) is 73.2 Å². The molecule has 1 amide bonds. The largest absolute Gasteiger partial charge is 0.394 e. The van der Waals surface area contributed by atoms with Crippen molar-refractivity contribution < 1.29 is 89.4 Å². The highest BCUT2D eigenvalue weighted by atomic mass is 16.8. The SMILES string of the molecule is CCCCCCC/C=C\CCCCCCCC(=O)NC(COC1OC(CO)C(OC2OC(CO)C(OC3OC(CO)C(O)C(O)C3O)C(O)C2O)C(O)C1O)C(O)CCCCCCCCCCCCCCCCCCCCCCCCCCCCCCCCCCC. The maximum absolute atomic E-state index is 13.4. The molecule has 3 heterocycles. The number of aliphatic hydroxyl groups excluding tert-OH is 11. The molecular formula is C73H139NO18. The third-order valence-corrected chi connectivity index (χ3v) is 19.3. The fourth-order valence-corrected chi connectivity index (χ4v) is 13.2. The molecule has 0 saturated carbocycles. The number of ether oxygens (including phenoxy) is 6. The van der Waals surface area contributed by atoms with Crippen molar-refractivity contribution in [2.75, 3.05) is 26.4 Å². The maximum Gasteiger partial charge on any atom is 0.220 e. The molecule has 19 nitrogen and oxygen atoms in total. The third-order valence-electron chi connectivity index (χ3n) is 19.3. The van der Waals surface area contributed by atoms with Crippen LogP contribution in [0.1, 0.15) is 316 Å². The molecule has 0 aromatic heterocycles.